The van der Waals surface area contributed by atoms with E-state index in [0.29, 0.717) is 0 Å². The lowest BCUT2D eigenvalue weighted by atomic mass is 10.2. The Morgan fingerprint density at radius 1 is 0.957 bits per heavy atom. The molecule has 0 unspecified atom stereocenters. The summed E-state index contributed by atoms with van der Waals surface area (Å²) in [6, 6.07) is 17.6. The molecule has 0 radical (unpaired) electrons. The van der Waals surface area contributed by atoms with Crippen molar-refractivity contribution >= 4 is 18.4 Å². The van der Waals surface area contributed by atoms with Crippen molar-refractivity contribution < 1.29 is 5.11 Å². The Hall–Kier alpha value is -1.42. The van der Waals surface area contributed by atoms with Crippen molar-refractivity contribution in [3.05, 3.63) is 59.7 Å². The average Bonchev–Trinajstić information content (AvgIpc) is 3.08. The van der Waals surface area contributed by atoms with Gasteiger partial charge in [-0.1, -0.05) is 66.8 Å². The second-order valence-corrected chi connectivity index (χ2v) is 11.5. The van der Waals surface area contributed by atoms with Crippen LogP contribution in [0.5, 0.6) is 0 Å². The summed E-state index contributed by atoms with van der Waals surface area (Å²) in [6.45, 7) is 8.43. The third kappa shape index (κ3) is 3.57. The van der Waals surface area contributed by atoms with E-state index >= 15 is 0 Å². The van der Waals surface area contributed by atoms with Crippen molar-refractivity contribution in [3.63, 3.8) is 0 Å². The number of aliphatic hydroxyl groups excluding tert-OH is 1. The van der Waals surface area contributed by atoms with Gasteiger partial charge in [-0.3, -0.25) is 4.90 Å². The minimum Gasteiger partial charge on any atom is -0.392 e. The molecule has 1 fully saturated rings. The van der Waals surface area contributed by atoms with Gasteiger partial charge in [-0.2, -0.15) is 0 Å². The molecule has 0 spiro atoms. The summed E-state index contributed by atoms with van der Waals surface area (Å²) in [6.07, 6.45) is 2.69. The Kier molecular flexibility index (Phi) is 5.00. The van der Waals surface area contributed by atoms with E-state index in [1.807, 2.05) is 12.1 Å². The molecular weight excluding hydrogens is 298 g/mol. The lowest BCUT2D eigenvalue weighted by Gasteiger charge is -2.26. The molecule has 0 atom stereocenters. The van der Waals surface area contributed by atoms with Crippen LogP contribution in [0.15, 0.2) is 48.5 Å². The minimum absolute atomic E-state index is 0.125. The highest BCUT2D eigenvalue weighted by Gasteiger charge is 2.28. The molecule has 0 amide bonds. The monoisotopic (exact) mass is 325 g/mol. The molecule has 0 saturated carbocycles. The summed E-state index contributed by atoms with van der Waals surface area (Å²) in [5.74, 6) is 0. The van der Waals surface area contributed by atoms with Gasteiger partial charge >= 0.3 is 0 Å². The van der Waals surface area contributed by atoms with E-state index in [1.165, 1.54) is 41.9 Å². The zero-order chi connectivity index (χ0) is 16.3. The summed E-state index contributed by atoms with van der Waals surface area (Å²) in [5, 5.41) is 12.4. The first-order valence-corrected chi connectivity index (χ1v) is 11.6. The van der Waals surface area contributed by atoms with Gasteiger partial charge in [0.25, 0.3) is 0 Å². The maximum absolute atomic E-state index is 9.65. The first-order chi connectivity index (χ1) is 11.1. The van der Waals surface area contributed by atoms with Crippen molar-refractivity contribution in [2.24, 2.45) is 0 Å². The molecule has 0 bridgehead atoms. The van der Waals surface area contributed by atoms with E-state index in [9.17, 15) is 5.11 Å². The third-order valence-corrected chi connectivity index (χ3v) is 8.75. The Morgan fingerprint density at radius 2 is 1.61 bits per heavy atom. The van der Waals surface area contributed by atoms with E-state index < -0.39 is 8.07 Å². The number of benzene rings is 2. The highest BCUT2D eigenvalue weighted by atomic mass is 28.3. The number of hydrogen-bond donors (Lipinski definition) is 1. The van der Waals surface area contributed by atoms with Gasteiger partial charge in [0.15, 0.2) is 0 Å². The van der Waals surface area contributed by atoms with Crippen molar-refractivity contribution in [2.75, 3.05) is 13.1 Å². The lowest BCUT2D eigenvalue weighted by molar-refractivity contribution is 0.283. The molecule has 122 valence electrons. The third-order valence-electron chi connectivity index (χ3n) is 5.14. The van der Waals surface area contributed by atoms with Crippen molar-refractivity contribution in [2.45, 2.75) is 39.1 Å². The summed E-state index contributed by atoms with van der Waals surface area (Å²) in [5.41, 5.74) is 2.49. The molecule has 23 heavy (non-hydrogen) atoms. The van der Waals surface area contributed by atoms with Crippen LogP contribution in [0.1, 0.15) is 24.0 Å². The van der Waals surface area contributed by atoms with Gasteiger partial charge in [0.2, 0.25) is 0 Å². The lowest BCUT2D eigenvalue weighted by Crippen LogP contribution is -2.54. The van der Waals surface area contributed by atoms with Crippen LogP contribution in [0.2, 0.25) is 13.1 Å². The van der Waals surface area contributed by atoms with Gasteiger partial charge in [-0.25, -0.2) is 0 Å². The fraction of sp³-hybridized carbons (Fsp3) is 0.400. The Balaban J connectivity index is 1.82. The number of likely N-dealkylation sites (tertiary alicyclic amines) is 1. The predicted octanol–water partition coefficient (Wildman–Crippen LogP) is 2.60. The smallest absolute Gasteiger partial charge is 0.112 e. The van der Waals surface area contributed by atoms with Crippen LogP contribution < -0.4 is 10.4 Å². The normalized spacial score (nSPS) is 16.0. The molecule has 1 heterocycles. The second kappa shape index (κ2) is 6.99. The highest BCUT2D eigenvalue weighted by Crippen LogP contribution is 2.14. The molecule has 2 aromatic rings. The summed E-state index contributed by atoms with van der Waals surface area (Å²) < 4.78 is 0. The molecular formula is C20H27NOSi. The van der Waals surface area contributed by atoms with Crippen molar-refractivity contribution in [1.29, 1.82) is 0 Å². The van der Waals surface area contributed by atoms with Crippen LogP contribution in [0.25, 0.3) is 0 Å². The quantitative estimate of drug-likeness (QED) is 0.854. The van der Waals surface area contributed by atoms with Gasteiger partial charge in [-0.05, 0) is 42.2 Å². The van der Waals surface area contributed by atoms with Crippen LogP contribution in [0.4, 0.5) is 0 Å². The summed E-state index contributed by atoms with van der Waals surface area (Å²) >= 11 is 0. The molecule has 0 aliphatic carbocycles. The van der Waals surface area contributed by atoms with Crippen LogP contribution in [0, 0.1) is 0 Å². The standard InChI is InChI=1S/C20H27NOSi/c1-23(2,20-8-4-3-7-18(20)16-22)19-11-9-17(10-12-19)15-21-13-5-6-14-21/h3-4,7-12,22H,5-6,13-16H2,1-2H3. The fourth-order valence-corrected chi connectivity index (χ4v) is 6.44. The first-order valence-electron chi connectivity index (χ1n) is 8.62. The van der Waals surface area contributed by atoms with E-state index in [0.717, 1.165) is 12.1 Å². The largest absolute Gasteiger partial charge is 0.392 e. The molecule has 1 saturated heterocycles. The van der Waals surface area contributed by atoms with E-state index in [1.54, 1.807) is 0 Å². The zero-order valence-electron chi connectivity index (χ0n) is 14.3. The second-order valence-electron chi connectivity index (χ2n) is 7.12. The van der Waals surface area contributed by atoms with Gasteiger partial charge in [-0.15, -0.1) is 0 Å². The molecule has 2 nitrogen and oxygen atoms in total. The molecule has 0 aromatic heterocycles. The van der Waals surface area contributed by atoms with Gasteiger partial charge in [0.1, 0.15) is 8.07 Å². The van der Waals surface area contributed by atoms with E-state index in [4.69, 9.17) is 0 Å². The first kappa shape index (κ1) is 16.4. The summed E-state index contributed by atoms with van der Waals surface area (Å²) in [4.78, 5) is 2.54. The molecule has 2 aromatic carbocycles. The number of nitrogens with zero attached hydrogens (tertiary/aromatic N) is 1. The number of rotatable bonds is 5. The molecule has 3 rings (SSSR count). The zero-order valence-corrected chi connectivity index (χ0v) is 15.3. The molecule has 1 aliphatic rings. The van der Waals surface area contributed by atoms with Crippen LogP contribution in [-0.2, 0) is 13.2 Å². The van der Waals surface area contributed by atoms with Crippen LogP contribution >= 0.6 is 0 Å². The molecule has 1 aliphatic heterocycles. The van der Waals surface area contributed by atoms with Gasteiger partial charge < -0.3 is 5.11 Å². The van der Waals surface area contributed by atoms with E-state index in [2.05, 4.69) is 54.4 Å². The Bertz CT molecular complexity index is 645. The number of hydrogen-bond acceptors (Lipinski definition) is 2. The molecule has 1 N–H and O–H groups in total. The molecule has 3 heteroatoms. The number of aliphatic hydroxyl groups is 1. The predicted molar refractivity (Wildman–Crippen MR) is 100 cm³/mol. The topological polar surface area (TPSA) is 23.5 Å². The fourth-order valence-electron chi connectivity index (χ4n) is 3.65. The van der Waals surface area contributed by atoms with Crippen molar-refractivity contribution in [3.8, 4) is 0 Å². The summed E-state index contributed by atoms with van der Waals surface area (Å²) in [7, 11) is -1.76. The minimum atomic E-state index is -1.76. The highest BCUT2D eigenvalue weighted by molar-refractivity contribution is 7.00. The van der Waals surface area contributed by atoms with Crippen LogP contribution in [0.3, 0.4) is 0 Å². The SMILES string of the molecule is C[Si](C)(c1ccc(CN2CCCC2)cc1)c1ccccc1CO. The average molecular weight is 326 g/mol. The van der Waals surface area contributed by atoms with Crippen LogP contribution in [-0.4, -0.2) is 31.2 Å². The maximum Gasteiger partial charge on any atom is 0.112 e. The maximum atomic E-state index is 9.65. The van der Waals surface area contributed by atoms with Gasteiger partial charge in [0, 0.05) is 6.54 Å². The van der Waals surface area contributed by atoms with E-state index in [-0.39, 0.29) is 6.61 Å². The van der Waals surface area contributed by atoms with Gasteiger partial charge in [0.05, 0.1) is 6.61 Å². The van der Waals surface area contributed by atoms with Crippen molar-refractivity contribution in [1.82, 2.24) is 4.90 Å². The Labute approximate surface area is 140 Å². The Morgan fingerprint density at radius 3 is 2.26 bits per heavy atom.